The first kappa shape index (κ1) is 63.9. The predicted molar refractivity (Wildman–Crippen MR) is 112 cm³/mol. The summed E-state index contributed by atoms with van der Waals surface area (Å²) < 4.78 is 392. The molecule has 44 heteroatoms. The van der Waals surface area contributed by atoms with Crippen molar-refractivity contribution in [3.63, 3.8) is 0 Å². The van der Waals surface area contributed by atoms with Crippen LogP contribution in [0.1, 0.15) is 0 Å². The normalized spacial score (nSPS) is 14.0. The summed E-state index contributed by atoms with van der Waals surface area (Å²) >= 11 is 0. The SMILES string of the molecule is O=C(C(F)(F)S(=O)(=O)F)C(F)(F)S(=O)(=O)F.O=S(=O)(F)C(F)(F)C(F)(OC(F)(F)C(F)=C(F)F)C(F)(F)S(=O)(=O)F.O=S(=O)(F)OC(F)(F)C(F)=C(F)F.[F-].[K+]. The second-order valence-corrected chi connectivity index (χ2v) is 14.0. The minimum atomic E-state index is -8.13. The Morgan fingerprint density at radius 1 is 0.429 bits per heavy atom. The van der Waals surface area contributed by atoms with Crippen molar-refractivity contribution in [2.24, 2.45) is 0 Å². The molecule has 0 aliphatic rings. The van der Waals surface area contributed by atoms with Crippen molar-refractivity contribution in [3.05, 3.63) is 23.8 Å². The van der Waals surface area contributed by atoms with Crippen molar-refractivity contribution < 1.29 is 215 Å². The van der Waals surface area contributed by atoms with Gasteiger partial charge in [0, 0.05) is 0 Å². The van der Waals surface area contributed by atoms with Crippen LogP contribution in [0, 0.1) is 0 Å². The van der Waals surface area contributed by atoms with Gasteiger partial charge in [-0.1, -0.05) is 19.4 Å². The van der Waals surface area contributed by atoms with E-state index in [0.29, 0.717) is 0 Å². The Balaban J connectivity index is -0.000000243. The van der Waals surface area contributed by atoms with Crippen LogP contribution in [0.4, 0.5) is 103 Å². The fraction of sp³-hybridized carbons (Fsp3) is 0.583. The van der Waals surface area contributed by atoms with Gasteiger partial charge in [-0.25, -0.2) is 0 Å². The monoisotopic (exact) mass is 1030 g/mol. The molecule has 0 rings (SSSR count). The van der Waals surface area contributed by atoms with Crippen molar-refractivity contribution in [2.75, 3.05) is 0 Å². The van der Waals surface area contributed by atoms with Gasteiger partial charge in [-0.05, 0) is 0 Å². The number of carbonyl (C=O) groups is 1. The smallest absolute Gasteiger partial charge is 1.00 e. The summed E-state index contributed by atoms with van der Waals surface area (Å²) in [4.78, 5) is 10.0. The second-order valence-electron chi connectivity index (χ2n) is 7.50. The molecule has 0 aromatic rings. The number of halogens is 25. The summed E-state index contributed by atoms with van der Waals surface area (Å²) in [7, 11) is -36.7. The molecule has 0 bridgehead atoms. The van der Waals surface area contributed by atoms with Crippen LogP contribution < -0.4 is 56.1 Å². The van der Waals surface area contributed by atoms with Gasteiger partial charge in [-0.2, -0.15) is 130 Å². The van der Waals surface area contributed by atoms with E-state index in [0.717, 1.165) is 0 Å². The van der Waals surface area contributed by atoms with E-state index in [1.807, 2.05) is 0 Å². The van der Waals surface area contributed by atoms with Crippen molar-refractivity contribution >= 4 is 57.2 Å². The third-order valence-corrected chi connectivity index (χ3v) is 7.57. The van der Waals surface area contributed by atoms with Gasteiger partial charge in [-0.15, -0.1) is 0 Å². The number of ketones is 1. The topological polar surface area (TPSA) is 206 Å². The maximum Gasteiger partial charge on any atom is 1.00 e. The van der Waals surface area contributed by atoms with Crippen LogP contribution in [-0.4, -0.2) is 87.0 Å². The molecule has 0 amide bonds. The number of ether oxygens (including phenoxy) is 1. The van der Waals surface area contributed by atoms with Crippen LogP contribution in [0.3, 0.4) is 0 Å². The van der Waals surface area contributed by atoms with Gasteiger partial charge in [0.05, 0.1) is 0 Å². The summed E-state index contributed by atoms with van der Waals surface area (Å²) in [5.74, 6) is -19.8. The van der Waals surface area contributed by atoms with E-state index in [1.54, 1.807) is 4.74 Å². The van der Waals surface area contributed by atoms with Crippen LogP contribution in [0.25, 0.3) is 0 Å². The molecule has 0 heterocycles. The zero-order chi connectivity index (χ0) is 45.3. The van der Waals surface area contributed by atoms with E-state index in [2.05, 4.69) is 4.18 Å². The Morgan fingerprint density at radius 2 is 0.661 bits per heavy atom. The maximum atomic E-state index is 13.6. The van der Waals surface area contributed by atoms with Crippen molar-refractivity contribution in [1.82, 2.24) is 0 Å². The molecule has 0 aliphatic heterocycles. The van der Waals surface area contributed by atoms with Crippen LogP contribution in [-0.2, 0) is 65.1 Å². The molecule has 0 spiro atoms. The maximum absolute atomic E-state index is 13.6. The fourth-order valence-corrected chi connectivity index (χ4v) is 3.71. The molecule has 0 aliphatic carbocycles. The Bertz CT molecular complexity index is 1950. The molecule has 0 fully saturated rings. The van der Waals surface area contributed by atoms with E-state index in [9.17, 15) is 150 Å². The Labute approximate surface area is 332 Å². The predicted octanol–water partition coefficient (Wildman–Crippen LogP) is -0.641. The zero-order valence-corrected chi connectivity index (χ0v) is 31.0. The van der Waals surface area contributed by atoms with Crippen LogP contribution >= 0.6 is 0 Å². The van der Waals surface area contributed by atoms with Gasteiger partial charge in [0.1, 0.15) is 0 Å². The van der Waals surface area contributed by atoms with Crippen molar-refractivity contribution in [3.8, 4) is 0 Å². The van der Waals surface area contributed by atoms with Crippen LogP contribution in [0.5, 0.6) is 0 Å². The average molecular weight is 1030 g/mol. The molecule has 0 aromatic heterocycles. The number of alkyl halides is 13. The number of Topliss-reactive ketones (excluding diaryl/α,β-unsaturated/α-hetero) is 1. The Hall–Kier alpha value is -1.29. The Morgan fingerprint density at radius 3 is 0.839 bits per heavy atom. The second kappa shape index (κ2) is 19.4. The van der Waals surface area contributed by atoms with Gasteiger partial charge in [-0.3, -0.25) is 9.53 Å². The van der Waals surface area contributed by atoms with E-state index in [-0.39, 0.29) is 56.1 Å². The quantitative estimate of drug-likeness (QED) is 0.121. The zero-order valence-electron chi connectivity index (χ0n) is 23.8. The molecule has 56 heavy (non-hydrogen) atoms. The van der Waals surface area contributed by atoms with Crippen LogP contribution in [0.15, 0.2) is 23.8 Å². The molecule has 0 saturated heterocycles. The summed E-state index contributed by atoms with van der Waals surface area (Å²) in [6.45, 7) is 0. The summed E-state index contributed by atoms with van der Waals surface area (Å²) in [6.07, 6.45) is -20.2. The molecule has 0 atom stereocenters. The molecule has 332 valence electrons. The molecular formula is C12F25KO13S5. The standard InChI is InChI=1S/C6F12O5S2.C3F6O5S2.C3F6O3S.FH.K/c7-1(2(8)9)3(10,11)23-4(12,5(13,14)24(17,19)20)6(15,16)25(18,21)22;4-2(5,15(8,11)12)1(10)3(6,7)16(9,13)14;4-1(2(5)6)3(7,8)12-13(9,10)11;;/h;;;1H;/q;;;;+1/p-1. The van der Waals surface area contributed by atoms with Gasteiger partial charge in [0.15, 0.2) is 0 Å². The molecular weight excluding hydrogens is 1030 g/mol. The van der Waals surface area contributed by atoms with Crippen molar-refractivity contribution in [1.29, 1.82) is 0 Å². The van der Waals surface area contributed by atoms with Gasteiger partial charge in [0.25, 0.3) is 11.7 Å². The van der Waals surface area contributed by atoms with E-state index in [1.165, 1.54) is 0 Å². The molecule has 0 radical (unpaired) electrons. The number of carbonyl (C=O) groups excluding carboxylic acids is 1. The minimum absolute atomic E-state index is 0. The van der Waals surface area contributed by atoms with E-state index in [4.69, 9.17) is 0 Å². The number of rotatable bonds is 14. The Kier molecular flexibility index (Phi) is 22.1. The van der Waals surface area contributed by atoms with Crippen molar-refractivity contribution in [2.45, 2.75) is 39.1 Å². The number of hydrogen-bond donors (Lipinski definition) is 0. The van der Waals surface area contributed by atoms with Gasteiger partial charge >= 0.3 is 160 Å². The van der Waals surface area contributed by atoms with E-state index < -0.39 is 120 Å². The van der Waals surface area contributed by atoms with Gasteiger partial charge < -0.3 is 4.70 Å². The number of hydrogen-bond acceptors (Lipinski definition) is 13. The largest absolute Gasteiger partial charge is 1.00 e. The fourth-order valence-electron chi connectivity index (χ4n) is 1.60. The summed E-state index contributed by atoms with van der Waals surface area (Å²) in [6, 6.07) is 0. The summed E-state index contributed by atoms with van der Waals surface area (Å²) in [5.41, 5.74) is 0. The average Bonchev–Trinajstić information content (AvgIpc) is 2.87. The van der Waals surface area contributed by atoms with Crippen LogP contribution in [0.2, 0.25) is 0 Å². The molecule has 0 N–H and O–H groups in total. The first-order valence-corrected chi connectivity index (χ1v) is 16.7. The molecule has 0 saturated carbocycles. The first-order chi connectivity index (χ1) is 22.8. The first-order valence-electron chi connectivity index (χ1n) is 9.83. The van der Waals surface area contributed by atoms with E-state index >= 15 is 0 Å². The summed E-state index contributed by atoms with van der Waals surface area (Å²) in [5, 5.41) is -28.0. The van der Waals surface area contributed by atoms with Gasteiger partial charge in [0.2, 0.25) is 0 Å². The molecule has 13 nitrogen and oxygen atoms in total. The molecule has 0 unspecified atom stereocenters. The minimum Gasteiger partial charge on any atom is -1.00 e. The molecule has 0 aromatic carbocycles. The third-order valence-electron chi connectivity index (χ3n) is 3.82. The third kappa shape index (κ3) is 15.1.